The van der Waals surface area contributed by atoms with Crippen molar-refractivity contribution in [3.05, 3.63) is 54.2 Å². The fourth-order valence-electron chi connectivity index (χ4n) is 3.17. The quantitative estimate of drug-likeness (QED) is 0.736. The van der Waals surface area contributed by atoms with Crippen molar-refractivity contribution in [2.24, 2.45) is 0 Å². The number of nitrogens with zero attached hydrogens (tertiary/aromatic N) is 4. The van der Waals surface area contributed by atoms with Crippen LogP contribution in [0.4, 0.5) is 6.01 Å². The van der Waals surface area contributed by atoms with Crippen LogP contribution < -0.4 is 4.90 Å². The Kier molecular flexibility index (Phi) is 4.09. The summed E-state index contributed by atoms with van der Waals surface area (Å²) in [6.07, 6.45) is 1.69. The van der Waals surface area contributed by atoms with Crippen LogP contribution in [0.5, 0.6) is 0 Å². The number of amides is 1. The van der Waals surface area contributed by atoms with E-state index in [1.165, 1.54) is 0 Å². The maximum atomic E-state index is 12.7. The number of aromatic nitrogens is 2. The standard InChI is InChI=1S/C19H20N4O2/c1-14(15-6-3-2-4-7-15)18(24)22-10-12-23(13-11-22)19-21-16-8-5-9-20-17(16)25-19/h2-9,14H,10-13H2,1H3/t14-/m1/s1. The van der Waals surface area contributed by atoms with Crippen LogP contribution in [0.3, 0.4) is 0 Å². The highest BCUT2D eigenvalue weighted by atomic mass is 16.4. The number of pyridine rings is 1. The zero-order chi connectivity index (χ0) is 17.2. The number of carbonyl (C=O) groups excluding carboxylic acids is 1. The van der Waals surface area contributed by atoms with Crippen LogP contribution in [0.1, 0.15) is 18.4 Å². The number of anilines is 1. The molecule has 1 atom stereocenters. The molecule has 1 aliphatic rings. The Balaban J connectivity index is 1.41. The molecule has 6 nitrogen and oxygen atoms in total. The Labute approximate surface area is 146 Å². The summed E-state index contributed by atoms with van der Waals surface area (Å²) in [5, 5.41) is 0. The van der Waals surface area contributed by atoms with E-state index in [0.717, 1.165) is 11.1 Å². The number of carbonyl (C=O) groups is 1. The monoisotopic (exact) mass is 336 g/mol. The summed E-state index contributed by atoms with van der Waals surface area (Å²) in [5.41, 5.74) is 2.36. The van der Waals surface area contributed by atoms with E-state index in [0.29, 0.717) is 37.9 Å². The van der Waals surface area contributed by atoms with E-state index in [4.69, 9.17) is 4.42 Å². The van der Waals surface area contributed by atoms with Crippen molar-refractivity contribution in [2.75, 3.05) is 31.1 Å². The molecule has 1 aliphatic heterocycles. The zero-order valence-electron chi connectivity index (χ0n) is 14.1. The molecule has 0 N–H and O–H groups in total. The summed E-state index contributed by atoms with van der Waals surface area (Å²) < 4.78 is 5.72. The first-order valence-corrected chi connectivity index (χ1v) is 8.52. The molecule has 1 saturated heterocycles. The van der Waals surface area contributed by atoms with Gasteiger partial charge in [-0.2, -0.15) is 4.98 Å². The van der Waals surface area contributed by atoms with Gasteiger partial charge in [-0.15, -0.1) is 0 Å². The number of piperazine rings is 1. The minimum atomic E-state index is -0.124. The first-order valence-electron chi connectivity index (χ1n) is 8.52. The molecule has 4 rings (SSSR count). The topological polar surface area (TPSA) is 62.5 Å². The van der Waals surface area contributed by atoms with E-state index in [-0.39, 0.29) is 11.8 Å². The summed E-state index contributed by atoms with van der Waals surface area (Å²) in [7, 11) is 0. The zero-order valence-corrected chi connectivity index (χ0v) is 14.1. The van der Waals surface area contributed by atoms with Gasteiger partial charge in [0, 0.05) is 32.4 Å². The number of rotatable bonds is 3. The molecule has 2 aromatic heterocycles. The molecular formula is C19H20N4O2. The molecule has 1 fully saturated rings. The van der Waals surface area contributed by atoms with Crippen LogP contribution in [0.25, 0.3) is 11.2 Å². The summed E-state index contributed by atoms with van der Waals surface area (Å²) in [6.45, 7) is 4.72. The number of hydrogen-bond donors (Lipinski definition) is 0. The SMILES string of the molecule is C[C@@H](C(=O)N1CCN(c2nc3cccnc3o2)CC1)c1ccccc1. The highest BCUT2D eigenvalue weighted by Gasteiger charge is 2.27. The Hall–Kier alpha value is -2.89. The van der Waals surface area contributed by atoms with Crippen molar-refractivity contribution < 1.29 is 9.21 Å². The average Bonchev–Trinajstić information content (AvgIpc) is 3.12. The second-order valence-electron chi connectivity index (χ2n) is 6.27. The molecule has 0 aliphatic carbocycles. The van der Waals surface area contributed by atoms with E-state index in [1.54, 1.807) is 6.20 Å². The molecule has 1 amide bonds. The molecule has 0 radical (unpaired) electrons. The molecule has 0 spiro atoms. The smallest absolute Gasteiger partial charge is 0.299 e. The van der Waals surface area contributed by atoms with Gasteiger partial charge in [-0.25, -0.2) is 4.98 Å². The van der Waals surface area contributed by atoms with Gasteiger partial charge in [0.2, 0.25) is 11.6 Å². The second-order valence-corrected chi connectivity index (χ2v) is 6.27. The Morgan fingerprint density at radius 1 is 1.08 bits per heavy atom. The maximum absolute atomic E-state index is 12.7. The molecule has 3 heterocycles. The van der Waals surface area contributed by atoms with E-state index in [9.17, 15) is 4.79 Å². The van der Waals surface area contributed by atoms with Gasteiger partial charge in [-0.05, 0) is 24.6 Å². The first-order chi connectivity index (χ1) is 12.2. The fourth-order valence-corrected chi connectivity index (χ4v) is 3.17. The van der Waals surface area contributed by atoms with E-state index in [2.05, 4.69) is 14.9 Å². The second kappa shape index (κ2) is 6.55. The fraction of sp³-hybridized carbons (Fsp3) is 0.316. The normalized spacial score (nSPS) is 16.2. The van der Waals surface area contributed by atoms with Crippen molar-refractivity contribution in [1.29, 1.82) is 0 Å². The van der Waals surface area contributed by atoms with Crippen LogP contribution in [0, 0.1) is 0 Å². The summed E-state index contributed by atoms with van der Waals surface area (Å²) in [5.74, 6) is 0.0476. The molecule has 6 heteroatoms. The van der Waals surface area contributed by atoms with Crippen LogP contribution in [0.2, 0.25) is 0 Å². The molecule has 0 unspecified atom stereocenters. The van der Waals surface area contributed by atoms with E-state index < -0.39 is 0 Å². The average molecular weight is 336 g/mol. The lowest BCUT2D eigenvalue weighted by molar-refractivity contribution is -0.132. The molecule has 0 bridgehead atoms. The third-order valence-corrected chi connectivity index (χ3v) is 4.69. The highest BCUT2D eigenvalue weighted by molar-refractivity contribution is 5.83. The lowest BCUT2D eigenvalue weighted by Crippen LogP contribution is -2.50. The number of fused-ring (bicyclic) bond motifs is 1. The van der Waals surface area contributed by atoms with Crippen LogP contribution in [-0.2, 0) is 4.79 Å². The lowest BCUT2D eigenvalue weighted by atomic mass is 9.99. The molecule has 0 saturated carbocycles. The number of benzene rings is 1. The van der Waals surface area contributed by atoms with Crippen LogP contribution in [0.15, 0.2) is 53.1 Å². The van der Waals surface area contributed by atoms with Crippen molar-refractivity contribution in [3.8, 4) is 0 Å². The third kappa shape index (κ3) is 3.07. The minimum absolute atomic E-state index is 0.124. The highest BCUT2D eigenvalue weighted by Crippen LogP contribution is 2.23. The van der Waals surface area contributed by atoms with Gasteiger partial charge >= 0.3 is 0 Å². The summed E-state index contributed by atoms with van der Waals surface area (Å²) in [6, 6.07) is 14.2. The Bertz CT molecular complexity index is 836. The first kappa shape index (κ1) is 15.6. The van der Waals surface area contributed by atoms with Gasteiger partial charge < -0.3 is 14.2 Å². The molecular weight excluding hydrogens is 316 g/mol. The molecule has 1 aromatic carbocycles. The van der Waals surface area contributed by atoms with Crippen molar-refractivity contribution >= 4 is 23.2 Å². The van der Waals surface area contributed by atoms with Crippen molar-refractivity contribution in [3.63, 3.8) is 0 Å². The van der Waals surface area contributed by atoms with Gasteiger partial charge in [0.05, 0.1) is 5.92 Å². The molecule has 128 valence electrons. The van der Waals surface area contributed by atoms with Gasteiger partial charge in [-0.3, -0.25) is 4.79 Å². The molecule has 25 heavy (non-hydrogen) atoms. The largest absolute Gasteiger partial charge is 0.404 e. The Morgan fingerprint density at radius 2 is 1.84 bits per heavy atom. The minimum Gasteiger partial charge on any atom is -0.404 e. The predicted molar refractivity (Wildman–Crippen MR) is 95.5 cm³/mol. The van der Waals surface area contributed by atoms with Crippen LogP contribution in [-0.4, -0.2) is 47.0 Å². The Morgan fingerprint density at radius 3 is 2.56 bits per heavy atom. The van der Waals surface area contributed by atoms with Crippen molar-refractivity contribution in [2.45, 2.75) is 12.8 Å². The molecule has 3 aromatic rings. The number of oxazole rings is 1. The number of hydrogen-bond acceptors (Lipinski definition) is 5. The maximum Gasteiger partial charge on any atom is 0.299 e. The van der Waals surface area contributed by atoms with Gasteiger partial charge in [-0.1, -0.05) is 30.3 Å². The summed E-state index contributed by atoms with van der Waals surface area (Å²) in [4.78, 5) is 25.4. The van der Waals surface area contributed by atoms with Crippen LogP contribution >= 0.6 is 0 Å². The van der Waals surface area contributed by atoms with Gasteiger partial charge in [0.15, 0.2) is 0 Å². The third-order valence-electron chi connectivity index (χ3n) is 4.69. The van der Waals surface area contributed by atoms with Crippen molar-refractivity contribution in [1.82, 2.24) is 14.9 Å². The summed E-state index contributed by atoms with van der Waals surface area (Å²) >= 11 is 0. The van der Waals surface area contributed by atoms with Gasteiger partial charge in [0.25, 0.3) is 6.01 Å². The van der Waals surface area contributed by atoms with Gasteiger partial charge in [0.1, 0.15) is 5.52 Å². The van der Waals surface area contributed by atoms with E-state index in [1.807, 2.05) is 54.3 Å². The predicted octanol–water partition coefficient (Wildman–Crippen LogP) is 2.68. The lowest BCUT2D eigenvalue weighted by Gasteiger charge is -2.35. The van der Waals surface area contributed by atoms with E-state index >= 15 is 0 Å².